The largest absolute Gasteiger partial charge is 0.380 e. The summed E-state index contributed by atoms with van der Waals surface area (Å²) in [6, 6.07) is 7.45. The van der Waals surface area contributed by atoms with E-state index in [1.807, 2.05) is 24.3 Å². The van der Waals surface area contributed by atoms with Gasteiger partial charge in [0.15, 0.2) is 0 Å². The van der Waals surface area contributed by atoms with Crippen LogP contribution in [-0.2, 0) is 11.3 Å². The van der Waals surface area contributed by atoms with Crippen molar-refractivity contribution < 1.29 is 9.53 Å². The lowest BCUT2D eigenvalue weighted by Crippen LogP contribution is -2.29. The van der Waals surface area contributed by atoms with Gasteiger partial charge in [-0.2, -0.15) is 0 Å². The number of urea groups is 1. The number of ether oxygens (including phenoxy) is 1. The maximum Gasteiger partial charge on any atom is 0.319 e. The Balaban J connectivity index is 2.52. The summed E-state index contributed by atoms with van der Waals surface area (Å²) < 4.78 is 5.08. The van der Waals surface area contributed by atoms with Gasteiger partial charge in [0.05, 0.1) is 6.61 Å². The van der Waals surface area contributed by atoms with Crippen molar-refractivity contribution in [1.29, 1.82) is 0 Å². The molecule has 17 heavy (non-hydrogen) atoms. The van der Waals surface area contributed by atoms with Gasteiger partial charge in [0, 0.05) is 24.9 Å². The van der Waals surface area contributed by atoms with Crippen LogP contribution in [0, 0.1) is 0 Å². The number of para-hydroxylation sites is 1. The van der Waals surface area contributed by atoms with Gasteiger partial charge in [-0.1, -0.05) is 31.5 Å². The second-order valence-corrected chi connectivity index (χ2v) is 3.82. The number of amides is 2. The molecule has 0 heterocycles. The number of carbonyl (C=O) groups excluding carboxylic acids is 1. The molecule has 4 nitrogen and oxygen atoms in total. The lowest BCUT2D eigenvalue weighted by molar-refractivity contribution is 0.185. The van der Waals surface area contributed by atoms with E-state index in [0.29, 0.717) is 13.2 Å². The second kappa shape index (κ2) is 7.68. The summed E-state index contributed by atoms with van der Waals surface area (Å²) in [5.74, 6) is 0. The van der Waals surface area contributed by atoms with Gasteiger partial charge in [-0.3, -0.25) is 0 Å². The first-order valence-electron chi connectivity index (χ1n) is 5.89. The topological polar surface area (TPSA) is 50.4 Å². The third-order valence-electron chi connectivity index (χ3n) is 2.38. The summed E-state index contributed by atoms with van der Waals surface area (Å²) >= 11 is 0. The molecule has 0 aliphatic carbocycles. The summed E-state index contributed by atoms with van der Waals surface area (Å²) in [6.45, 7) is 3.29. The van der Waals surface area contributed by atoms with E-state index in [-0.39, 0.29) is 6.03 Å². The molecule has 1 aromatic carbocycles. The molecule has 0 aromatic heterocycles. The molecule has 0 radical (unpaired) electrons. The fourth-order valence-corrected chi connectivity index (χ4v) is 1.47. The highest BCUT2D eigenvalue weighted by Crippen LogP contribution is 2.15. The molecule has 0 saturated carbocycles. The molecule has 2 N–H and O–H groups in total. The van der Waals surface area contributed by atoms with Crippen molar-refractivity contribution in [1.82, 2.24) is 5.32 Å². The van der Waals surface area contributed by atoms with Crippen LogP contribution in [0.3, 0.4) is 0 Å². The van der Waals surface area contributed by atoms with Crippen LogP contribution in [0.2, 0.25) is 0 Å². The Morgan fingerprint density at radius 1 is 1.35 bits per heavy atom. The maximum atomic E-state index is 11.6. The molecule has 0 fully saturated rings. The number of hydrogen-bond acceptors (Lipinski definition) is 2. The van der Waals surface area contributed by atoms with Crippen molar-refractivity contribution >= 4 is 11.7 Å². The van der Waals surface area contributed by atoms with Gasteiger partial charge < -0.3 is 15.4 Å². The molecule has 0 unspecified atom stereocenters. The average Bonchev–Trinajstić information content (AvgIpc) is 2.32. The van der Waals surface area contributed by atoms with Crippen molar-refractivity contribution in [2.45, 2.75) is 26.4 Å². The fourth-order valence-electron chi connectivity index (χ4n) is 1.47. The summed E-state index contributed by atoms with van der Waals surface area (Å²) in [4.78, 5) is 11.6. The first kappa shape index (κ1) is 13.5. The van der Waals surface area contributed by atoms with Gasteiger partial charge in [0.25, 0.3) is 0 Å². The van der Waals surface area contributed by atoms with E-state index < -0.39 is 0 Å². The minimum Gasteiger partial charge on any atom is -0.380 e. The van der Waals surface area contributed by atoms with Crippen LogP contribution < -0.4 is 10.6 Å². The van der Waals surface area contributed by atoms with Crippen molar-refractivity contribution in [3.63, 3.8) is 0 Å². The Labute approximate surface area is 102 Å². The van der Waals surface area contributed by atoms with E-state index in [9.17, 15) is 4.79 Å². The average molecular weight is 236 g/mol. The van der Waals surface area contributed by atoms with Crippen molar-refractivity contribution in [3.05, 3.63) is 29.8 Å². The molecule has 0 atom stereocenters. The smallest absolute Gasteiger partial charge is 0.319 e. The van der Waals surface area contributed by atoms with Crippen LogP contribution in [-0.4, -0.2) is 19.7 Å². The van der Waals surface area contributed by atoms with Gasteiger partial charge in [-0.05, 0) is 12.5 Å². The Bertz CT molecular complexity index is 353. The molecule has 0 spiro atoms. The summed E-state index contributed by atoms with van der Waals surface area (Å²) in [5, 5.41) is 5.63. The summed E-state index contributed by atoms with van der Waals surface area (Å²) in [5.41, 5.74) is 1.77. The number of hydrogen-bond donors (Lipinski definition) is 2. The molecule has 94 valence electrons. The van der Waals surface area contributed by atoms with E-state index in [1.165, 1.54) is 0 Å². The number of anilines is 1. The minimum atomic E-state index is -0.165. The molecule has 1 rings (SSSR count). The van der Waals surface area contributed by atoms with Crippen LogP contribution in [0.4, 0.5) is 10.5 Å². The Kier molecular flexibility index (Phi) is 6.10. The van der Waals surface area contributed by atoms with Crippen molar-refractivity contribution in [2.24, 2.45) is 0 Å². The SMILES string of the molecule is CCCCNC(=O)Nc1ccccc1COC. The third-order valence-corrected chi connectivity index (χ3v) is 2.38. The molecular formula is C13H20N2O2. The Morgan fingerprint density at radius 2 is 2.12 bits per heavy atom. The molecule has 2 amide bonds. The normalized spacial score (nSPS) is 10.0. The van der Waals surface area contributed by atoms with E-state index in [4.69, 9.17) is 4.74 Å². The van der Waals surface area contributed by atoms with E-state index >= 15 is 0 Å². The first-order valence-corrected chi connectivity index (χ1v) is 5.89. The van der Waals surface area contributed by atoms with Crippen LogP contribution >= 0.6 is 0 Å². The first-order chi connectivity index (χ1) is 8.27. The van der Waals surface area contributed by atoms with Crippen LogP contribution in [0.25, 0.3) is 0 Å². The standard InChI is InChI=1S/C13H20N2O2/c1-3-4-9-14-13(16)15-12-8-6-5-7-11(12)10-17-2/h5-8H,3-4,9-10H2,1-2H3,(H2,14,15,16). The zero-order valence-electron chi connectivity index (χ0n) is 10.5. The van der Waals surface area contributed by atoms with Crippen LogP contribution in [0.1, 0.15) is 25.3 Å². The number of methoxy groups -OCH3 is 1. The quantitative estimate of drug-likeness (QED) is 0.746. The monoisotopic (exact) mass is 236 g/mol. The number of benzene rings is 1. The van der Waals surface area contributed by atoms with Gasteiger partial charge in [0.2, 0.25) is 0 Å². The zero-order chi connectivity index (χ0) is 12.5. The van der Waals surface area contributed by atoms with E-state index in [1.54, 1.807) is 7.11 Å². The number of nitrogens with one attached hydrogen (secondary N) is 2. The number of unbranched alkanes of at least 4 members (excludes halogenated alkanes) is 1. The van der Waals surface area contributed by atoms with Gasteiger partial charge in [-0.15, -0.1) is 0 Å². The van der Waals surface area contributed by atoms with Crippen molar-refractivity contribution in [3.8, 4) is 0 Å². The third kappa shape index (κ3) is 4.87. The predicted molar refractivity (Wildman–Crippen MR) is 69.1 cm³/mol. The van der Waals surface area contributed by atoms with Crippen LogP contribution in [0.15, 0.2) is 24.3 Å². The molecule has 0 aliphatic heterocycles. The van der Waals surface area contributed by atoms with Crippen LogP contribution in [0.5, 0.6) is 0 Å². The Morgan fingerprint density at radius 3 is 2.82 bits per heavy atom. The molecule has 0 bridgehead atoms. The Hall–Kier alpha value is -1.55. The molecule has 0 aliphatic rings. The lowest BCUT2D eigenvalue weighted by Gasteiger charge is -2.11. The highest BCUT2D eigenvalue weighted by Gasteiger charge is 2.04. The van der Waals surface area contributed by atoms with Crippen molar-refractivity contribution in [2.75, 3.05) is 19.0 Å². The van der Waals surface area contributed by atoms with Gasteiger partial charge in [-0.25, -0.2) is 4.79 Å². The maximum absolute atomic E-state index is 11.6. The van der Waals surface area contributed by atoms with E-state index in [0.717, 1.165) is 24.1 Å². The second-order valence-electron chi connectivity index (χ2n) is 3.82. The number of carbonyl (C=O) groups is 1. The lowest BCUT2D eigenvalue weighted by atomic mass is 10.2. The molecule has 4 heteroatoms. The van der Waals surface area contributed by atoms with E-state index in [2.05, 4.69) is 17.6 Å². The molecular weight excluding hydrogens is 216 g/mol. The van der Waals surface area contributed by atoms with Gasteiger partial charge in [0.1, 0.15) is 0 Å². The van der Waals surface area contributed by atoms with Gasteiger partial charge >= 0.3 is 6.03 Å². The molecule has 1 aromatic rings. The summed E-state index contributed by atoms with van der Waals surface area (Å²) in [6.07, 6.45) is 2.06. The fraction of sp³-hybridized carbons (Fsp3) is 0.462. The zero-order valence-corrected chi connectivity index (χ0v) is 10.5. The highest BCUT2D eigenvalue weighted by molar-refractivity contribution is 5.90. The highest BCUT2D eigenvalue weighted by atomic mass is 16.5. The summed E-state index contributed by atoms with van der Waals surface area (Å²) in [7, 11) is 1.64. The number of rotatable bonds is 6. The minimum absolute atomic E-state index is 0.165. The molecule has 0 saturated heterocycles. The predicted octanol–water partition coefficient (Wildman–Crippen LogP) is 2.75.